The summed E-state index contributed by atoms with van der Waals surface area (Å²) in [6.07, 6.45) is 1.70. The Morgan fingerprint density at radius 1 is 1.06 bits per heavy atom. The molecule has 0 aliphatic rings. The van der Waals surface area contributed by atoms with Crippen LogP contribution in [0.4, 0.5) is 15.9 Å². The molecule has 35 heavy (non-hydrogen) atoms. The molecule has 0 unspecified atom stereocenters. The zero-order valence-electron chi connectivity index (χ0n) is 18.4. The molecule has 5 rings (SSSR count). The summed E-state index contributed by atoms with van der Waals surface area (Å²) in [5, 5.41) is 14.6. The average molecular weight is 486 g/mol. The number of ether oxygens (including phenoxy) is 1. The van der Waals surface area contributed by atoms with Gasteiger partial charge in [0.05, 0.1) is 22.5 Å². The molecule has 174 valence electrons. The number of nitrogens with zero attached hydrogens (tertiary/aromatic N) is 3. The van der Waals surface area contributed by atoms with E-state index >= 15 is 0 Å². The number of aromatic nitrogens is 3. The lowest BCUT2D eigenvalue weighted by Crippen LogP contribution is -2.13. The van der Waals surface area contributed by atoms with Crippen molar-refractivity contribution in [1.29, 1.82) is 0 Å². The molecule has 9 heteroatoms. The van der Waals surface area contributed by atoms with Crippen LogP contribution in [-0.4, -0.2) is 21.1 Å². The smallest absolute Gasteiger partial charge is 0.221 e. The molecule has 2 aromatic carbocycles. The van der Waals surface area contributed by atoms with Gasteiger partial charge in [-0.15, -0.1) is 21.5 Å². The summed E-state index contributed by atoms with van der Waals surface area (Å²) >= 11 is 1.51. The number of primary amides is 1. The predicted octanol–water partition coefficient (Wildman–Crippen LogP) is 5.24. The molecule has 0 saturated carbocycles. The van der Waals surface area contributed by atoms with Crippen molar-refractivity contribution in [3.05, 3.63) is 95.4 Å². The number of hydrogen-bond acceptors (Lipinski definition) is 7. The molecule has 0 spiro atoms. The van der Waals surface area contributed by atoms with E-state index in [1.54, 1.807) is 18.3 Å². The van der Waals surface area contributed by atoms with Gasteiger partial charge in [-0.25, -0.2) is 4.39 Å². The minimum atomic E-state index is -0.518. The normalized spacial score (nSPS) is 10.9. The van der Waals surface area contributed by atoms with Gasteiger partial charge in [-0.1, -0.05) is 24.3 Å². The van der Waals surface area contributed by atoms with Crippen LogP contribution in [0, 0.1) is 5.82 Å². The highest BCUT2D eigenvalue weighted by Gasteiger charge is 2.17. The molecule has 7 nitrogen and oxygen atoms in total. The van der Waals surface area contributed by atoms with Gasteiger partial charge in [0.15, 0.2) is 5.82 Å². The number of nitrogens with one attached hydrogen (secondary N) is 1. The number of fused-ring (bicyclic) bond motifs is 1. The third kappa shape index (κ3) is 4.95. The number of benzene rings is 2. The number of hydrogen-bond donors (Lipinski definition) is 2. The van der Waals surface area contributed by atoms with E-state index in [9.17, 15) is 9.18 Å². The molecular formula is C26H20FN5O2S. The maximum absolute atomic E-state index is 14.7. The second-order valence-corrected chi connectivity index (χ2v) is 8.66. The molecular weight excluding hydrogens is 465 g/mol. The maximum Gasteiger partial charge on any atom is 0.221 e. The van der Waals surface area contributed by atoms with E-state index in [1.807, 2.05) is 53.9 Å². The third-order valence-corrected chi connectivity index (χ3v) is 6.22. The Morgan fingerprint density at radius 2 is 1.91 bits per heavy atom. The van der Waals surface area contributed by atoms with Crippen LogP contribution in [0.15, 0.2) is 78.3 Å². The minimum Gasteiger partial charge on any atom is -0.487 e. The number of amides is 1. The number of carbonyl (C=O) groups is 1. The van der Waals surface area contributed by atoms with Gasteiger partial charge < -0.3 is 15.8 Å². The molecule has 0 bridgehead atoms. The van der Waals surface area contributed by atoms with Gasteiger partial charge in [0.25, 0.3) is 0 Å². The molecule has 0 radical (unpaired) electrons. The Labute approximate surface area is 204 Å². The van der Waals surface area contributed by atoms with Crippen molar-refractivity contribution in [3.8, 4) is 17.0 Å². The zero-order chi connectivity index (χ0) is 24.2. The lowest BCUT2D eigenvalue weighted by molar-refractivity contribution is -0.117. The van der Waals surface area contributed by atoms with Crippen molar-refractivity contribution in [2.24, 2.45) is 5.73 Å². The predicted molar refractivity (Wildman–Crippen MR) is 134 cm³/mol. The molecule has 3 aromatic heterocycles. The van der Waals surface area contributed by atoms with Gasteiger partial charge in [-0.3, -0.25) is 9.78 Å². The Morgan fingerprint density at radius 3 is 2.71 bits per heavy atom. The molecule has 0 aliphatic carbocycles. The van der Waals surface area contributed by atoms with Crippen LogP contribution in [0.3, 0.4) is 0 Å². The number of rotatable bonds is 8. The molecule has 5 aromatic rings. The standard InChI is InChI=1S/C26H20FN5O2S/c27-20-13-16(14-23(28)33)8-9-21(20)30-26-19-10-12-35-25(19)24(31-32-26)18-6-1-2-7-22(18)34-15-17-5-3-4-11-29-17/h1-13H,14-15H2,(H2,28,33)(H,30,32). The van der Waals surface area contributed by atoms with Gasteiger partial charge in [0, 0.05) is 17.1 Å². The van der Waals surface area contributed by atoms with E-state index in [0.717, 1.165) is 21.3 Å². The average Bonchev–Trinajstić information content (AvgIpc) is 3.36. The summed E-state index contributed by atoms with van der Waals surface area (Å²) < 4.78 is 21.6. The van der Waals surface area contributed by atoms with E-state index < -0.39 is 11.7 Å². The molecule has 1 amide bonds. The van der Waals surface area contributed by atoms with Crippen molar-refractivity contribution in [3.63, 3.8) is 0 Å². The molecule has 0 fully saturated rings. The summed E-state index contributed by atoms with van der Waals surface area (Å²) in [6.45, 7) is 0.323. The van der Waals surface area contributed by atoms with Gasteiger partial charge in [-0.05, 0) is 53.4 Å². The summed E-state index contributed by atoms with van der Waals surface area (Å²) in [5.41, 5.74) is 8.23. The Kier molecular flexibility index (Phi) is 6.32. The van der Waals surface area contributed by atoms with Crippen LogP contribution in [0.5, 0.6) is 5.75 Å². The van der Waals surface area contributed by atoms with E-state index in [1.165, 1.54) is 17.4 Å². The number of nitrogens with two attached hydrogens (primary N) is 1. The van der Waals surface area contributed by atoms with Gasteiger partial charge >= 0.3 is 0 Å². The first-order chi connectivity index (χ1) is 17.1. The van der Waals surface area contributed by atoms with E-state index in [4.69, 9.17) is 10.5 Å². The van der Waals surface area contributed by atoms with E-state index in [-0.39, 0.29) is 12.1 Å². The van der Waals surface area contributed by atoms with Gasteiger partial charge in [0.1, 0.15) is 23.9 Å². The first-order valence-electron chi connectivity index (χ1n) is 10.8. The first kappa shape index (κ1) is 22.4. The lowest BCUT2D eigenvalue weighted by Gasteiger charge is -2.13. The summed E-state index contributed by atoms with van der Waals surface area (Å²) in [4.78, 5) is 15.4. The highest BCUT2D eigenvalue weighted by molar-refractivity contribution is 7.17. The van der Waals surface area contributed by atoms with Gasteiger partial charge in [-0.2, -0.15) is 0 Å². The molecule has 0 aliphatic heterocycles. The monoisotopic (exact) mass is 485 g/mol. The number of halogens is 1. The zero-order valence-corrected chi connectivity index (χ0v) is 19.3. The fourth-order valence-corrected chi connectivity index (χ4v) is 4.56. The number of carbonyl (C=O) groups excluding carboxylic acids is 1. The van der Waals surface area contributed by atoms with Crippen LogP contribution in [-0.2, 0) is 17.8 Å². The van der Waals surface area contributed by atoms with Crippen molar-refractivity contribution in [2.75, 3.05) is 5.32 Å². The van der Waals surface area contributed by atoms with Crippen LogP contribution in [0.1, 0.15) is 11.3 Å². The Balaban J connectivity index is 1.45. The fourth-order valence-electron chi connectivity index (χ4n) is 3.67. The van der Waals surface area contributed by atoms with Crippen molar-refractivity contribution in [1.82, 2.24) is 15.2 Å². The quantitative estimate of drug-likeness (QED) is 0.311. The molecule has 0 saturated heterocycles. The largest absolute Gasteiger partial charge is 0.487 e. The van der Waals surface area contributed by atoms with Crippen molar-refractivity contribution >= 4 is 38.8 Å². The summed E-state index contributed by atoms with van der Waals surface area (Å²) in [5.74, 6) is 0.0690. The lowest BCUT2D eigenvalue weighted by atomic mass is 10.1. The third-order valence-electron chi connectivity index (χ3n) is 5.29. The van der Waals surface area contributed by atoms with E-state index in [2.05, 4.69) is 20.5 Å². The Hall–Kier alpha value is -4.37. The SMILES string of the molecule is NC(=O)Cc1ccc(Nc2nnc(-c3ccccc3OCc3ccccn3)c3sccc23)c(F)c1. The van der Waals surface area contributed by atoms with Crippen LogP contribution in [0.2, 0.25) is 0 Å². The highest BCUT2D eigenvalue weighted by Crippen LogP contribution is 2.38. The molecule has 3 heterocycles. The maximum atomic E-state index is 14.7. The van der Waals surface area contributed by atoms with E-state index in [0.29, 0.717) is 29.4 Å². The second-order valence-electron chi connectivity index (χ2n) is 7.75. The van der Waals surface area contributed by atoms with Crippen molar-refractivity contribution < 1.29 is 13.9 Å². The summed E-state index contributed by atoms with van der Waals surface area (Å²) in [7, 11) is 0. The first-order valence-corrected chi connectivity index (χ1v) is 11.7. The molecule has 3 N–H and O–H groups in total. The number of anilines is 2. The van der Waals surface area contributed by atoms with Crippen LogP contribution in [0.25, 0.3) is 21.3 Å². The number of pyridine rings is 1. The topological polar surface area (TPSA) is 103 Å². The highest BCUT2D eigenvalue weighted by atomic mass is 32.1. The van der Waals surface area contributed by atoms with Gasteiger partial charge in [0.2, 0.25) is 5.91 Å². The minimum absolute atomic E-state index is 0.0255. The number of para-hydroxylation sites is 1. The number of thiophene rings is 1. The Bertz CT molecular complexity index is 1510. The summed E-state index contributed by atoms with van der Waals surface area (Å²) in [6, 6.07) is 19.7. The van der Waals surface area contributed by atoms with Crippen LogP contribution >= 0.6 is 11.3 Å². The van der Waals surface area contributed by atoms with Crippen molar-refractivity contribution in [2.45, 2.75) is 13.0 Å². The fraction of sp³-hybridized carbons (Fsp3) is 0.0769. The second kappa shape index (κ2) is 9.86. The molecule has 0 atom stereocenters. The van der Waals surface area contributed by atoms with Crippen LogP contribution < -0.4 is 15.8 Å².